The van der Waals surface area contributed by atoms with Gasteiger partial charge in [0.2, 0.25) is 6.41 Å². The molecule has 7 nitrogen and oxygen atoms in total. The summed E-state index contributed by atoms with van der Waals surface area (Å²) < 4.78 is 0. The number of phenols is 1. The summed E-state index contributed by atoms with van der Waals surface area (Å²) in [5.41, 5.74) is 7.18. The molecule has 4 N–H and O–H groups in total. The molecule has 0 spiro atoms. The summed E-state index contributed by atoms with van der Waals surface area (Å²) in [6, 6.07) is 0. The Kier molecular flexibility index (Phi) is 7.60. The first-order chi connectivity index (χ1) is 14.8. The molecular weight excluding hydrogens is 398 g/mol. The highest BCUT2D eigenvalue weighted by Crippen LogP contribution is 2.27. The Morgan fingerprint density at radius 3 is 2.28 bits per heavy atom. The number of imidazole rings is 1. The van der Waals surface area contributed by atoms with Crippen molar-refractivity contribution in [2.24, 2.45) is 0 Å². The van der Waals surface area contributed by atoms with E-state index in [9.17, 15) is 14.7 Å². The van der Waals surface area contributed by atoms with Crippen molar-refractivity contribution in [1.29, 1.82) is 0 Å². The summed E-state index contributed by atoms with van der Waals surface area (Å²) in [4.78, 5) is 31.8. The average molecular weight is 428 g/mol. The number of benzene rings is 1. The Bertz CT molecular complexity index is 1100. The number of carbonyl (C=O) groups is 2. The van der Waals surface area contributed by atoms with E-state index in [-0.39, 0.29) is 16.9 Å². The molecule has 2 amide bonds. The zero-order chi connectivity index (χ0) is 24.4. The van der Waals surface area contributed by atoms with Gasteiger partial charge in [-0.1, -0.05) is 37.2 Å². The van der Waals surface area contributed by atoms with Crippen molar-refractivity contribution < 1.29 is 14.7 Å². The maximum Gasteiger partial charge on any atom is 0.271 e. The molecule has 0 unspecified atom stereocenters. The van der Waals surface area contributed by atoms with Crippen LogP contribution in [0.2, 0.25) is 0 Å². The lowest BCUT2D eigenvalue weighted by molar-refractivity contribution is -0.118. The fraction of sp³-hybridized carbons (Fsp3) is 0.250. The summed E-state index contributed by atoms with van der Waals surface area (Å²) in [5.74, 6) is -0.394. The number of nitrogens with zero attached hydrogens (tertiary/aromatic N) is 1. The lowest BCUT2D eigenvalue weighted by atomic mass is 9.65. The van der Waals surface area contributed by atoms with Crippen LogP contribution < -0.4 is 32.5 Å². The SMILES string of the molecule is B/C(=C(\C)NC(=O)/C(=C/c1c(B)c(B)c(B)c(B)c1O)NC=O)c1nc[nH]c1C(C)(C)C. The van der Waals surface area contributed by atoms with Gasteiger partial charge in [0.1, 0.15) is 50.7 Å². The molecule has 1 aromatic carbocycles. The number of H-pyrrole nitrogens is 1. The molecule has 162 valence electrons. The van der Waals surface area contributed by atoms with Crippen LogP contribution in [0, 0.1) is 0 Å². The highest BCUT2D eigenvalue weighted by Gasteiger charge is 2.22. The first kappa shape index (κ1) is 25.2. The highest BCUT2D eigenvalue weighted by atomic mass is 16.3. The van der Waals surface area contributed by atoms with E-state index in [4.69, 9.17) is 0 Å². The van der Waals surface area contributed by atoms with Gasteiger partial charge in [0.15, 0.2) is 0 Å². The van der Waals surface area contributed by atoms with Crippen LogP contribution in [-0.4, -0.2) is 66.6 Å². The van der Waals surface area contributed by atoms with Gasteiger partial charge in [-0.05, 0) is 18.5 Å². The third kappa shape index (κ3) is 5.06. The molecule has 0 aliphatic carbocycles. The van der Waals surface area contributed by atoms with E-state index in [0.717, 1.165) is 38.7 Å². The van der Waals surface area contributed by atoms with E-state index in [1.165, 1.54) is 6.08 Å². The van der Waals surface area contributed by atoms with Crippen LogP contribution >= 0.6 is 0 Å². The second-order valence-corrected chi connectivity index (χ2v) is 9.16. The summed E-state index contributed by atoms with van der Waals surface area (Å²) in [7, 11) is 9.51. The molecular formula is C20H29B5N4O3. The number of hydrogen-bond acceptors (Lipinski definition) is 4. The summed E-state index contributed by atoms with van der Waals surface area (Å²) in [5, 5.41) is 16.0. The number of nitrogens with one attached hydrogen (secondary N) is 3. The van der Waals surface area contributed by atoms with E-state index in [2.05, 4.69) is 41.4 Å². The Balaban J connectivity index is 2.48. The Morgan fingerprint density at radius 2 is 1.72 bits per heavy atom. The Hall–Kier alpha value is -3.03. The molecule has 0 atom stereocenters. The number of phenolic OH excluding ortho intramolecular Hbond substituents is 1. The van der Waals surface area contributed by atoms with E-state index >= 15 is 0 Å². The third-order valence-corrected chi connectivity index (χ3v) is 6.06. The van der Waals surface area contributed by atoms with E-state index in [1.807, 2.05) is 39.2 Å². The van der Waals surface area contributed by atoms with Crippen LogP contribution in [0.1, 0.15) is 44.6 Å². The first-order valence-electron chi connectivity index (χ1n) is 10.5. The number of carbonyl (C=O) groups excluding carboxylic acids is 2. The largest absolute Gasteiger partial charge is 0.508 e. The van der Waals surface area contributed by atoms with Crippen molar-refractivity contribution in [3.63, 3.8) is 0 Å². The fourth-order valence-electron chi connectivity index (χ4n) is 3.54. The molecule has 0 aliphatic heterocycles. The van der Waals surface area contributed by atoms with Crippen molar-refractivity contribution in [1.82, 2.24) is 20.6 Å². The fourth-order valence-corrected chi connectivity index (χ4v) is 3.54. The standard InChI is InChI=1S/C20H29B5N4O3/c1-8(11(21)16-18(20(2,3)4)27-6-26-16)29-19(32)10(28-7-30)5-9-12(22)13(23)14(24)15(25)17(9)31/h5-7,31H,21-25H2,1-4H3,(H,26,27)(H,28,30)(H,29,32)/b10-5-,11-8+. The van der Waals surface area contributed by atoms with Crippen LogP contribution in [0.25, 0.3) is 11.5 Å². The van der Waals surface area contributed by atoms with Crippen LogP contribution in [0.15, 0.2) is 17.7 Å². The predicted octanol–water partition coefficient (Wildman–Crippen LogP) is -5.33. The normalized spacial score (nSPS) is 12.8. The van der Waals surface area contributed by atoms with Gasteiger partial charge in [-0.3, -0.25) is 9.59 Å². The summed E-state index contributed by atoms with van der Waals surface area (Å²) in [6.45, 7) is 8.04. The number of allylic oxidation sites excluding steroid dienone is 1. The Morgan fingerprint density at radius 1 is 1.12 bits per heavy atom. The number of rotatable bonds is 6. The van der Waals surface area contributed by atoms with Crippen molar-refractivity contribution in [3.8, 4) is 5.75 Å². The average Bonchev–Trinajstić information content (AvgIpc) is 3.23. The quantitative estimate of drug-likeness (QED) is 0.210. The maximum atomic E-state index is 13.0. The molecule has 0 radical (unpaired) electrons. The second kappa shape index (κ2) is 9.63. The van der Waals surface area contributed by atoms with Gasteiger partial charge in [0.25, 0.3) is 5.91 Å². The zero-order valence-electron chi connectivity index (χ0n) is 20.4. The molecule has 0 aliphatic rings. The molecule has 2 rings (SSSR count). The minimum absolute atomic E-state index is 0.0336. The van der Waals surface area contributed by atoms with Gasteiger partial charge >= 0.3 is 0 Å². The van der Waals surface area contributed by atoms with Crippen molar-refractivity contribution >= 4 is 84.9 Å². The van der Waals surface area contributed by atoms with E-state index in [1.54, 1.807) is 13.3 Å². The van der Waals surface area contributed by atoms with Gasteiger partial charge in [0, 0.05) is 22.4 Å². The molecule has 0 bridgehead atoms. The topological polar surface area (TPSA) is 107 Å². The number of amides is 2. The molecule has 2 aromatic rings. The van der Waals surface area contributed by atoms with Gasteiger partial charge in [0.05, 0.1) is 12.0 Å². The zero-order valence-corrected chi connectivity index (χ0v) is 20.4. The van der Waals surface area contributed by atoms with Crippen molar-refractivity contribution in [2.45, 2.75) is 33.1 Å². The van der Waals surface area contributed by atoms with Gasteiger partial charge in [-0.2, -0.15) is 0 Å². The minimum atomic E-state index is -0.489. The van der Waals surface area contributed by atoms with Gasteiger partial charge in [-0.25, -0.2) is 4.98 Å². The van der Waals surface area contributed by atoms with Crippen molar-refractivity contribution in [2.75, 3.05) is 0 Å². The molecule has 1 heterocycles. The monoisotopic (exact) mass is 428 g/mol. The minimum Gasteiger partial charge on any atom is -0.508 e. The number of aromatic hydroxyl groups is 1. The summed E-state index contributed by atoms with van der Waals surface area (Å²) in [6.07, 6.45) is 3.59. The number of aromatic amines is 1. The molecule has 32 heavy (non-hydrogen) atoms. The number of aromatic nitrogens is 2. The van der Waals surface area contributed by atoms with E-state index < -0.39 is 5.91 Å². The smallest absolute Gasteiger partial charge is 0.271 e. The molecule has 0 saturated carbocycles. The molecule has 1 aromatic heterocycles. The summed E-state index contributed by atoms with van der Waals surface area (Å²) >= 11 is 0. The predicted molar refractivity (Wildman–Crippen MR) is 145 cm³/mol. The highest BCUT2D eigenvalue weighted by molar-refractivity contribution is 6.63. The van der Waals surface area contributed by atoms with Crippen LogP contribution in [-0.2, 0) is 15.0 Å². The van der Waals surface area contributed by atoms with Gasteiger partial charge < -0.3 is 20.7 Å². The van der Waals surface area contributed by atoms with Gasteiger partial charge in [-0.15, -0.1) is 5.46 Å². The van der Waals surface area contributed by atoms with E-state index in [0.29, 0.717) is 17.7 Å². The lowest BCUT2D eigenvalue weighted by Gasteiger charge is -2.20. The third-order valence-electron chi connectivity index (χ3n) is 6.06. The Labute approximate surface area is 194 Å². The molecule has 0 fully saturated rings. The molecule has 12 heteroatoms. The first-order valence-corrected chi connectivity index (χ1v) is 10.5. The molecule has 0 saturated heterocycles. The van der Waals surface area contributed by atoms with Crippen LogP contribution in [0.4, 0.5) is 0 Å². The van der Waals surface area contributed by atoms with Crippen LogP contribution in [0.5, 0.6) is 5.75 Å². The second-order valence-electron chi connectivity index (χ2n) is 9.16. The van der Waals surface area contributed by atoms with Crippen molar-refractivity contribution in [3.05, 3.63) is 34.7 Å². The van der Waals surface area contributed by atoms with Crippen LogP contribution in [0.3, 0.4) is 0 Å². The lowest BCUT2D eigenvalue weighted by Crippen LogP contribution is -2.48. The maximum absolute atomic E-state index is 13.0. The number of hydrogen-bond donors (Lipinski definition) is 4.